The molecule has 1 aliphatic heterocycles. The van der Waals surface area contributed by atoms with Crippen molar-refractivity contribution >= 4 is 5.97 Å². The Morgan fingerprint density at radius 2 is 2.08 bits per heavy atom. The number of piperidine rings is 1. The molecule has 0 aliphatic carbocycles. The van der Waals surface area contributed by atoms with Crippen molar-refractivity contribution in [2.24, 2.45) is 5.41 Å². The van der Waals surface area contributed by atoms with Gasteiger partial charge in [-0.3, -0.25) is 14.7 Å². The SMILES string of the molecule is Cc1ncccc1CN1CC[C@@H](O)[C@](Cc2ccc(F)cc2)(C(=O)O)C1. The molecule has 1 fully saturated rings. The van der Waals surface area contributed by atoms with Crippen LogP contribution in [0.5, 0.6) is 0 Å². The van der Waals surface area contributed by atoms with E-state index in [2.05, 4.69) is 4.98 Å². The molecule has 2 atom stereocenters. The van der Waals surface area contributed by atoms with E-state index in [9.17, 15) is 19.4 Å². The highest BCUT2D eigenvalue weighted by atomic mass is 19.1. The minimum Gasteiger partial charge on any atom is -0.481 e. The molecule has 2 aromatic rings. The molecule has 0 saturated carbocycles. The summed E-state index contributed by atoms with van der Waals surface area (Å²) in [5.74, 6) is -1.39. The molecule has 1 saturated heterocycles. The highest BCUT2D eigenvalue weighted by molar-refractivity contribution is 5.76. The third-order valence-electron chi connectivity index (χ3n) is 5.23. The van der Waals surface area contributed by atoms with Gasteiger partial charge in [0.25, 0.3) is 0 Å². The number of aryl methyl sites for hydroxylation is 1. The van der Waals surface area contributed by atoms with Crippen molar-refractivity contribution in [3.05, 3.63) is 65.2 Å². The van der Waals surface area contributed by atoms with E-state index < -0.39 is 17.5 Å². The Kier molecular flexibility index (Phi) is 5.34. The van der Waals surface area contributed by atoms with Gasteiger partial charge >= 0.3 is 5.97 Å². The van der Waals surface area contributed by atoms with Crippen LogP contribution in [0, 0.1) is 18.2 Å². The first-order valence-electron chi connectivity index (χ1n) is 8.69. The topological polar surface area (TPSA) is 73.7 Å². The Morgan fingerprint density at radius 1 is 1.35 bits per heavy atom. The Morgan fingerprint density at radius 3 is 2.73 bits per heavy atom. The van der Waals surface area contributed by atoms with Crippen molar-refractivity contribution in [1.82, 2.24) is 9.88 Å². The average Bonchev–Trinajstić information content (AvgIpc) is 2.61. The van der Waals surface area contributed by atoms with Gasteiger partial charge in [0.05, 0.1) is 6.10 Å². The number of hydrogen-bond acceptors (Lipinski definition) is 4. The van der Waals surface area contributed by atoms with Crippen LogP contribution in [0.1, 0.15) is 23.2 Å². The van der Waals surface area contributed by atoms with Crippen LogP contribution in [0.2, 0.25) is 0 Å². The minimum absolute atomic E-state index is 0.159. The average molecular weight is 358 g/mol. The van der Waals surface area contributed by atoms with Gasteiger partial charge in [0.2, 0.25) is 0 Å². The highest BCUT2D eigenvalue weighted by Gasteiger charge is 2.49. The molecule has 2 N–H and O–H groups in total. The van der Waals surface area contributed by atoms with Gasteiger partial charge in [0.15, 0.2) is 0 Å². The molecule has 0 spiro atoms. The molecule has 138 valence electrons. The smallest absolute Gasteiger partial charge is 0.313 e. The fraction of sp³-hybridized carbons (Fsp3) is 0.400. The van der Waals surface area contributed by atoms with Crippen molar-refractivity contribution in [2.75, 3.05) is 13.1 Å². The van der Waals surface area contributed by atoms with Crippen LogP contribution in [-0.4, -0.2) is 45.3 Å². The van der Waals surface area contributed by atoms with Crippen LogP contribution in [0.15, 0.2) is 42.6 Å². The summed E-state index contributed by atoms with van der Waals surface area (Å²) < 4.78 is 13.2. The van der Waals surface area contributed by atoms with E-state index in [0.29, 0.717) is 25.1 Å². The van der Waals surface area contributed by atoms with E-state index >= 15 is 0 Å². The summed E-state index contributed by atoms with van der Waals surface area (Å²) in [6, 6.07) is 9.64. The molecule has 0 radical (unpaired) electrons. The summed E-state index contributed by atoms with van der Waals surface area (Å²) in [4.78, 5) is 18.5. The zero-order valence-electron chi connectivity index (χ0n) is 14.7. The second-order valence-corrected chi connectivity index (χ2v) is 7.03. The number of carboxylic acid groups (broad SMARTS) is 1. The van der Waals surface area contributed by atoms with Crippen LogP contribution in [0.25, 0.3) is 0 Å². The van der Waals surface area contributed by atoms with E-state index in [-0.39, 0.29) is 18.8 Å². The van der Waals surface area contributed by atoms with Crippen LogP contribution in [-0.2, 0) is 17.8 Å². The van der Waals surface area contributed by atoms with Gasteiger partial charge < -0.3 is 10.2 Å². The maximum atomic E-state index is 13.2. The molecule has 6 heteroatoms. The summed E-state index contributed by atoms with van der Waals surface area (Å²) in [5, 5.41) is 20.5. The molecule has 2 heterocycles. The van der Waals surface area contributed by atoms with Gasteiger partial charge in [-0.05, 0) is 49.1 Å². The number of rotatable bonds is 5. The molecule has 26 heavy (non-hydrogen) atoms. The number of aliphatic hydroxyl groups is 1. The van der Waals surface area contributed by atoms with Gasteiger partial charge in [0, 0.05) is 31.5 Å². The summed E-state index contributed by atoms with van der Waals surface area (Å²) in [6.07, 6.45) is 1.32. The van der Waals surface area contributed by atoms with Gasteiger partial charge in [-0.25, -0.2) is 4.39 Å². The number of benzene rings is 1. The largest absolute Gasteiger partial charge is 0.481 e. The molecule has 5 nitrogen and oxygen atoms in total. The maximum Gasteiger partial charge on any atom is 0.313 e. The van der Waals surface area contributed by atoms with Gasteiger partial charge in [0.1, 0.15) is 11.2 Å². The minimum atomic E-state index is -1.31. The number of aliphatic hydroxyl groups excluding tert-OH is 1. The number of pyridine rings is 1. The van der Waals surface area contributed by atoms with E-state index in [1.54, 1.807) is 18.3 Å². The number of aromatic nitrogens is 1. The monoisotopic (exact) mass is 358 g/mol. The molecule has 0 unspecified atom stereocenters. The Hall–Kier alpha value is -2.31. The number of carboxylic acids is 1. The van der Waals surface area contributed by atoms with Gasteiger partial charge in [-0.1, -0.05) is 18.2 Å². The van der Waals surface area contributed by atoms with Crippen LogP contribution < -0.4 is 0 Å². The third-order valence-corrected chi connectivity index (χ3v) is 5.23. The highest BCUT2D eigenvalue weighted by Crippen LogP contribution is 2.35. The number of likely N-dealkylation sites (tertiary alicyclic amines) is 1. The fourth-order valence-electron chi connectivity index (χ4n) is 3.65. The number of hydrogen-bond donors (Lipinski definition) is 2. The van der Waals surface area contributed by atoms with Crippen LogP contribution in [0.3, 0.4) is 0 Å². The lowest BCUT2D eigenvalue weighted by atomic mass is 9.72. The van der Waals surface area contributed by atoms with Gasteiger partial charge in [-0.15, -0.1) is 0 Å². The predicted molar refractivity (Wildman–Crippen MR) is 95.0 cm³/mol. The second-order valence-electron chi connectivity index (χ2n) is 7.03. The fourth-order valence-corrected chi connectivity index (χ4v) is 3.65. The van der Waals surface area contributed by atoms with E-state index in [0.717, 1.165) is 11.3 Å². The Labute approximate surface area is 152 Å². The molecular formula is C20H23FN2O3. The summed E-state index contributed by atoms with van der Waals surface area (Å²) in [7, 11) is 0. The first kappa shape index (κ1) is 18.5. The van der Waals surface area contributed by atoms with E-state index in [4.69, 9.17) is 0 Å². The number of halogens is 1. The first-order valence-corrected chi connectivity index (χ1v) is 8.69. The zero-order chi connectivity index (χ0) is 18.7. The quantitative estimate of drug-likeness (QED) is 0.859. The number of carbonyl (C=O) groups is 1. The zero-order valence-corrected chi connectivity index (χ0v) is 14.7. The maximum absolute atomic E-state index is 13.2. The normalized spacial score (nSPS) is 23.7. The van der Waals surface area contributed by atoms with Crippen molar-refractivity contribution in [3.63, 3.8) is 0 Å². The number of aliphatic carboxylic acids is 1. The second kappa shape index (κ2) is 7.51. The third kappa shape index (κ3) is 3.76. The molecule has 3 rings (SSSR count). The van der Waals surface area contributed by atoms with Crippen molar-refractivity contribution in [1.29, 1.82) is 0 Å². The van der Waals surface area contributed by atoms with Crippen molar-refractivity contribution in [3.8, 4) is 0 Å². The van der Waals surface area contributed by atoms with Crippen LogP contribution >= 0.6 is 0 Å². The molecule has 1 aliphatic rings. The summed E-state index contributed by atoms with van der Waals surface area (Å²) in [6.45, 7) is 3.37. The predicted octanol–water partition coefficient (Wildman–Crippen LogP) is 2.41. The van der Waals surface area contributed by atoms with Crippen LogP contribution in [0.4, 0.5) is 4.39 Å². The lowest BCUT2D eigenvalue weighted by Crippen LogP contribution is -2.56. The lowest BCUT2D eigenvalue weighted by Gasteiger charge is -2.43. The molecular weight excluding hydrogens is 335 g/mol. The molecule has 1 aromatic carbocycles. The van der Waals surface area contributed by atoms with Crippen molar-refractivity contribution < 1.29 is 19.4 Å². The van der Waals surface area contributed by atoms with E-state index in [1.165, 1.54) is 12.1 Å². The van der Waals surface area contributed by atoms with Gasteiger partial charge in [-0.2, -0.15) is 0 Å². The Balaban J connectivity index is 1.84. The van der Waals surface area contributed by atoms with E-state index in [1.807, 2.05) is 24.0 Å². The molecule has 0 amide bonds. The summed E-state index contributed by atoms with van der Waals surface area (Å²) in [5.41, 5.74) is 1.35. The first-order chi connectivity index (χ1) is 12.4. The molecule has 0 bridgehead atoms. The molecule has 1 aromatic heterocycles. The number of nitrogens with zero attached hydrogens (tertiary/aromatic N) is 2. The Bertz CT molecular complexity index is 781. The standard InChI is InChI=1S/C20H23FN2O3/c1-14-16(3-2-9-22-14)12-23-10-8-18(24)20(13-23,19(25)26)11-15-4-6-17(21)7-5-15/h2-7,9,18,24H,8,10-13H2,1H3,(H,25,26)/t18-,20-/m1/s1. The summed E-state index contributed by atoms with van der Waals surface area (Å²) >= 11 is 0. The van der Waals surface area contributed by atoms with Crippen molar-refractivity contribution in [2.45, 2.75) is 32.4 Å². The lowest BCUT2D eigenvalue weighted by molar-refractivity contribution is -0.163.